The number of hydrogen-bond acceptors (Lipinski definition) is 5. The van der Waals surface area contributed by atoms with Crippen LogP contribution in [-0.4, -0.2) is 29.2 Å². The molecule has 1 aromatic heterocycles. The summed E-state index contributed by atoms with van der Waals surface area (Å²) in [5.41, 5.74) is 6.58. The van der Waals surface area contributed by atoms with E-state index in [0.29, 0.717) is 5.95 Å². The Kier molecular flexibility index (Phi) is 2.98. The Morgan fingerprint density at radius 3 is 3.06 bits per heavy atom. The predicted octanol–water partition coefficient (Wildman–Crippen LogP) is 1.80. The number of aromatic nitrogens is 2. The van der Waals surface area contributed by atoms with Crippen molar-refractivity contribution in [3.05, 3.63) is 24.3 Å². The van der Waals surface area contributed by atoms with Gasteiger partial charge in [0.1, 0.15) is 5.82 Å². The normalized spacial score (nSPS) is 19.2. The number of benzene rings is 1. The standard InChI is InChI=1S/C13H16N4O/c14-13-16-11-6-2-1-5-10(11)12(17-13)15-8-9-4-3-7-18-9/h1-2,5-6,9H,3-4,7-8H2,(H3,14,15,16,17). The van der Waals surface area contributed by atoms with Crippen LogP contribution in [0.25, 0.3) is 10.9 Å². The van der Waals surface area contributed by atoms with E-state index in [4.69, 9.17) is 10.5 Å². The Labute approximate surface area is 105 Å². The average molecular weight is 244 g/mol. The van der Waals surface area contributed by atoms with Crippen LogP contribution in [0.2, 0.25) is 0 Å². The van der Waals surface area contributed by atoms with Gasteiger partial charge >= 0.3 is 0 Å². The molecule has 18 heavy (non-hydrogen) atoms. The highest BCUT2D eigenvalue weighted by atomic mass is 16.5. The largest absolute Gasteiger partial charge is 0.376 e. The Morgan fingerprint density at radius 2 is 2.22 bits per heavy atom. The summed E-state index contributed by atoms with van der Waals surface area (Å²) in [7, 11) is 0. The highest BCUT2D eigenvalue weighted by Crippen LogP contribution is 2.21. The molecule has 3 N–H and O–H groups in total. The van der Waals surface area contributed by atoms with Crippen LogP contribution in [0, 0.1) is 0 Å². The van der Waals surface area contributed by atoms with Crippen LogP contribution in [0.3, 0.4) is 0 Å². The molecule has 5 nitrogen and oxygen atoms in total. The van der Waals surface area contributed by atoms with E-state index in [2.05, 4.69) is 15.3 Å². The predicted molar refractivity (Wildman–Crippen MR) is 71.4 cm³/mol. The number of nitrogens with one attached hydrogen (secondary N) is 1. The van der Waals surface area contributed by atoms with E-state index in [1.807, 2.05) is 24.3 Å². The Balaban J connectivity index is 1.85. The van der Waals surface area contributed by atoms with E-state index in [-0.39, 0.29) is 6.10 Å². The van der Waals surface area contributed by atoms with E-state index in [1.54, 1.807) is 0 Å². The molecule has 1 aliphatic heterocycles. The molecular weight excluding hydrogens is 228 g/mol. The summed E-state index contributed by atoms with van der Waals surface area (Å²) in [5, 5.41) is 4.30. The second-order valence-electron chi connectivity index (χ2n) is 4.46. The number of ether oxygens (including phenoxy) is 1. The molecule has 94 valence electrons. The highest BCUT2D eigenvalue weighted by molar-refractivity contribution is 5.89. The van der Waals surface area contributed by atoms with Crippen molar-refractivity contribution in [3.8, 4) is 0 Å². The molecule has 3 rings (SSSR count). The Morgan fingerprint density at radius 1 is 1.33 bits per heavy atom. The number of hydrogen-bond donors (Lipinski definition) is 2. The average Bonchev–Trinajstić information content (AvgIpc) is 2.89. The van der Waals surface area contributed by atoms with Gasteiger partial charge in [-0.25, -0.2) is 4.98 Å². The summed E-state index contributed by atoms with van der Waals surface area (Å²) in [6, 6.07) is 7.84. The first kappa shape index (κ1) is 11.2. The van der Waals surface area contributed by atoms with Gasteiger partial charge < -0.3 is 15.8 Å². The van der Waals surface area contributed by atoms with Crippen molar-refractivity contribution in [2.45, 2.75) is 18.9 Å². The van der Waals surface area contributed by atoms with Gasteiger partial charge in [0.2, 0.25) is 5.95 Å². The second kappa shape index (κ2) is 4.78. The second-order valence-corrected chi connectivity index (χ2v) is 4.46. The molecule has 0 amide bonds. The van der Waals surface area contributed by atoms with Gasteiger partial charge in [0, 0.05) is 18.5 Å². The molecule has 0 aliphatic carbocycles. The third-order valence-corrected chi connectivity index (χ3v) is 3.14. The summed E-state index contributed by atoms with van der Waals surface area (Å²) in [5.74, 6) is 1.08. The van der Waals surface area contributed by atoms with Gasteiger partial charge in [-0.1, -0.05) is 12.1 Å². The quantitative estimate of drug-likeness (QED) is 0.861. The summed E-state index contributed by atoms with van der Waals surface area (Å²) in [6.07, 6.45) is 2.52. The molecule has 1 aromatic carbocycles. The van der Waals surface area contributed by atoms with Crippen molar-refractivity contribution in [3.63, 3.8) is 0 Å². The molecule has 1 fully saturated rings. The van der Waals surface area contributed by atoms with Crippen molar-refractivity contribution in [1.29, 1.82) is 0 Å². The van der Waals surface area contributed by atoms with E-state index < -0.39 is 0 Å². The third-order valence-electron chi connectivity index (χ3n) is 3.14. The molecule has 2 heterocycles. The van der Waals surface area contributed by atoms with Gasteiger partial charge in [0.15, 0.2) is 0 Å². The minimum Gasteiger partial charge on any atom is -0.376 e. The first-order valence-electron chi connectivity index (χ1n) is 6.20. The fraction of sp³-hybridized carbons (Fsp3) is 0.385. The van der Waals surface area contributed by atoms with Crippen LogP contribution in [0.5, 0.6) is 0 Å². The fourth-order valence-electron chi connectivity index (χ4n) is 2.25. The van der Waals surface area contributed by atoms with E-state index in [0.717, 1.165) is 42.7 Å². The number of nitrogens with two attached hydrogens (primary N) is 1. The smallest absolute Gasteiger partial charge is 0.222 e. The van der Waals surface area contributed by atoms with Gasteiger partial charge in [-0.2, -0.15) is 4.98 Å². The first-order chi connectivity index (χ1) is 8.83. The maximum atomic E-state index is 5.71. The SMILES string of the molecule is Nc1nc(NCC2CCCO2)c2ccccc2n1. The summed E-state index contributed by atoms with van der Waals surface area (Å²) in [4.78, 5) is 8.47. The molecule has 0 saturated carbocycles. The molecule has 0 bridgehead atoms. The zero-order chi connectivity index (χ0) is 12.4. The van der Waals surface area contributed by atoms with Crippen LogP contribution in [0.15, 0.2) is 24.3 Å². The third kappa shape index (κ3) is 2.22. The number of nitrogen functional groups attached to an aromatic ring is 1. The van der Waals surface area contributed by atoms with Crippen LogP contribution in [-0.2, 0) is 4.74 Å². The van der Waals surface area contributed by atoms with Gasteiger partial charge in [0.25, 0.3) is 0 Å². The number of nitrogens with zero attached hydrogens (tertiary/aromatic N) is 2. The molecule has 2 aromatic rings. The minimum atomic E-state index is 0.278. The zero-order valence-electron chi connectivity index (χ0n) is 10.1. The maximum absolute atomic E-state index is 5.71. The highest BCUT2D eigenvalue weighted by Gasteiger charge is 2.15. The number of fused-ring (bicyclic) bond motifs is 1. The number of para-hydroxylation sites is 1. The van der Waals surface area contributed by atoms with Gasteiger partial charge in [-0.3, -0.25) is 0 Å². The van der Waals surface area contributed by atoms with Crippen molar-refractivity contribution < 1.29 is 4.74 Å². The van der Waals surface area contributed by atoms with E-state index in [1.165, 1.54) is 0 Å². The van der Waals surface area contributed by atoms with Crippen LogP contribution in [0.4, 0.5) is 11.8 Å². The Bertz CT molecular complexity index is 552. The molecule has 1 unspecified atom stereocenters. The number of anilines is 2. The van der Waals surface area contributed by atoms with Gasteiger partial charge in [-0.15, -0.1) is 0 Å². The first-order valence-corrected chi connectivity index (χ1v) is 6.20. The molecule has 5 heteroatoms. The van der Waals surface area contributed by atoms with Crippen LogP contribution >= 0.6 is 0 Å². The molecule has 0 spiro atoms. The monoisotopic (exact) mass is 244 g/mol. The fourth-order valence-corrected chi connectivity index (χ4v) is 2.25. The van der Waals surface area contributed by atoms with Crippen molar-refractivity contribution >= 4 is 22.7 Å². The zero-order valence-corrected chi connectivity index (χ0v) is 10.1. The lowest BCUT2D eigenvalue weighted by atomic mass is 10.2. The van der Waals surface area contributed by atoms with Crippen LogP contribution in [0.1, 0.15) is 12.8 Å². The summed E-state index contributed by atoms with van der Waals surface area (Å²) in [6.45, 7) is 1.62. The van der Waals surface area contributed by atoms with Gasteiger partial charge in [-0.05, 0) is 25.0 Å². The minimum absolute atomic E-state index is 0.278. The lowest BCUT2D eigenvalue weighted by Gasteiger charge is -2.13. The molecule has 0 radical (unpaired) electrons. The molecule has 1 saturated heterocycles. The van der Waals surface area contributed by atoms with E-state index in [9.17, 15) is 0 Å². The van der Waals surface area contributed by atoms with Crippen molar-refractivity contribution in [2.75, 3.05) is 24.2 Å². The molecular formula is C13H16N4O. The van der Waals surface area contributed by atoms with Gasteiger partial charge in [0.05, 0.1) is 11.6 Å². The summed E-state index contributed by atoms with van der Waals surface area (Å²) >= 11 is 0. The van der Waals surface area contributed by atoms with E-state index >= 15 is 0 Å². The number of rotatable bonds is 3. The summed E-state index contributed by atoms with van der Waals surface area (Å²) < 4.78 is 5.58. The van der Waals surface area contributed by atoms with Crippen molar-refractivity contribution in [2.24, 2.45) is 0 Å². The van der Waals surface area contributed by atoms with Crippen molar-refractivity contribution in [1.82, 2.24) is 9.97 Å². The maximum Gasteiger partial charge on any atom is 0.222 e. The Hall–Kier alpha value is -1.88. The molecule has 1 aliphatic rings. The van der Waals surface area contributed by atoms with Crippen LogP contribution < -0.4 is 11.1 Å². The molecule has 1 atom stereocenters. The lowest BCUT2D eigenvalue weighted by Crippen LogP contribution is -2.19. The topological polar surface area (TPSA) is 73.1 Å². The lowest BCUT2D eigenvalue weighted by molar-refractivity contribution is 0.120.